The third-order valence-corrected chi connectivity index (χ3v) is 8.36. The molecule has 1 aliphatic heterocycles. The van der Waals surface area contributed by atoms with E-state index >= 15 is 4.39 Å². The summed E-state index contributed by atoms with van der Waals surface area (Å²) in [6.07, 6.45) is 2.21. The molecule has 45 heavy (non-hydrogen) atoms. The number of carbonyl (C=O) groups excluding carboxylic acids is 2. The number of aromatic nitrogens is 2. The number of ether oxygens (including phenoxy) is 2. The third-order valence-electron chi connectivity index (χ3n) is 7.77. The van der Waals surface area contributed by atoms with E-state index < -0.39 is 45.9 Å². The molecule has 1 saturated carbocycles. The van der Waals surface area contributed by atoms with Crippen molar-refractivity contribution in [2.24, 2.45) is 0 Å². The van der Waals surface area contributed by atoms with E-state index in [0.717, 1.165) is 23.1 Å². The van der Waals surface area contributed by atoms with Gasteiger partial charge >= 0.3 is 6.09 Å². The molecule has 2 aliphatic rings. The van der Waals surface area contributed by atoms with Crippen LogP contribution in [0.5, 0.6) is 5.88 Å². The van der Waals surface area contributed by atoms with Crippen molar-refractivity contribution in [1.29, 1.82) is 0 Å². The Kier molecular flexibility index (Phi) is 8.36. The number of carbonyl (C=O) groups is 2. The molecule has 0 atom stereocenters. The van der Waals surface area contributed by atoms with Crippen LogP contribution in [0.3, 0.4) is 0 Å². The number of nitrogens with one attached hydrogen (secondary N) is 1. The van der Waals surface area contributed by atoms with Crippen molar-refractivity contribution in [2.45, 2.75) is 57.5 Å². The summed E-state index contributed by atoms with van der Waals surface area (Å²) in [6.45, 7) is 3.25. The number of likely N-dealkylation sites (N-methyl/N-ethyl adjacent to an activating group) is 1. The Hall–Kier alpha value is -4.14. The number of rotatable bonds is 9. The van der Waals surface area contributed by atoms with E-state index in [9.17, 15) is 26.8 Å². The van der Waals surface area contributed by atoms with Crippen molar-refractivity contribution in [3.63, 3.8) is 0 Å². The number of anilines is 2. The summed E-state index contributed by atoms with van der Waals surface area (Å²) in [4.78, 5) is 36.6. The smallest absolute Gasteiger partial charge is 0.410 e. The summed E-state index contributed by atoms with van der Waals surface area (Å²) < 4.78 is 79.4. The third kappa shape index (κ3) is 6.49. The molecule has 2 amide bonds. The van der Waals surface area contributed by atoms with Crippen LogP contribution < -0.4 is 14.4 Å². The van der Waals surface area contributed by atoms with Crippen molar-refractivity contribution in [3.8, 4) is 17.0 Å². The van der Waals surface area contributed by atoms with Gasteiger partial charge in [-0.3, -0.25) is 19.4 Å². The van der Waals surface area contributed by atoms with Crippen LogP contribution in [0, 0.1) is 5.82 Å². The second kappa shape index (κ2) is 11.7. The minimum Gasteiger partial charge on any atom is -0.474 e. The summed E-state index contributed by atoms with van der Waals surface area (Å²) in [5, 5.41) is 0.612. The lowest BCUT2D eigenvalue weighted by atomic mass is 9.64. The Bertz CT molecular complexity index is 1780. The maximum absolute atomic E-state index is 15.5. The van der Waals surface area contributed by atoms with Gasteiger partial charge in [0.05, 0.1) is 42.2 Å². The molecule has 1 aliphatic carbocycles. The van der Waals surface area contributed by atoms with Gasteiger partial charge in [0.15, 0.2) is 0 Å². The highest BCUT2D eigenvalue weighted by molar-refractivity contribution is 7.92. The Labute approximate surface area is 258 Å². The zero-order valence-corrected chi connectivity index (χ0v) is 26.3. The molecule has 0 radical (unpaired) electrons. The highest BCUT2D eigenvalue weighted by Gasteiger charge is 2.54. The minimum absolute atomic E-state index is 0.0227. The molecule has 1 spiro atoms. The van der Waals surface area contributed by atoms with Gasteiger partial charge in [0.1, 0.15) is 23.7 Å². The summed E-state index contributed by atoms with van der Waals surface area (Å²) >= 11 is 0. The van der Waals surface area contributed by atoms with E-state index in [2.05, 4.69) is 14.7 Å². The molecule has 1 fully saturated rings. The topological polar surface area (TPSA) is 131 Å². The zero-order valence-electron chi connectivity index (χ0n) is 25.5. The molecule has 3 aromatic rings. The standard InChI is InChI=1S/C30H34F3N5O6S/c1-29(2,3)44-28(40)38(16-24(32)33)9-10-43-26-22(36-45(5,41)42)11-17(14-35-26)18-12-19-21(13-20(18)31)34-15-23-25(19)30(7-6-8-30)27(39)37(23)4/h11-15,24,36H,6-10,16H2,1-5H3. The second-order valence-electron chi connectivity index (χ2n) is 12.3. The minimum atomic E-state index is -3.87. The van der Waals surface area contributed by atoms with E-state index in [1.165, 1.54) is 18.3 Å². The van der Waals surface area contributed by atoms with Crippen molar-refractivity contribution in [2.75, 3.05) is 42.6 Å². The lowest BCUT2D eigenvalue weighted by Gasteiger charge is -2.37. The van der Waals surface area contributed by atoms with Gasteiger partial charge in [0, 0.05) is 41.4 Å². The van der Waals surface area contributed by atoms with Gasteiger partial charge in [-0.05, 0) is 45.7 Å². The fraction of sp³-hybridized carbons (Fsp3) is 0.467. The number of hydrogen-bond donors (Lipinski definition) is 1. The van der Waals surface area contributed by atoms with E-state index in [4.69, 9.17) is 9.47 Å². The predicted octanol–water partition coefficient (Wildman–Crippen LogP) is 5.09. The first-order valence-electron chi connectivity index (χ1n) is 14.3. The molecule has 242 valence electrons. The number of fused-ring (bicyclic) bond motifs is 4. The zero-order chi connectivity index (χ0) is 32.9. The van der Waals surface area contributed by atoms with Crippen molar-refractivity contribution in [3.05, 3.63) is 42.0 Å². The van der Waals surface area contributed by atoms with E-state index in [1.54, 1.807) is 45.0 Å². The number of pyridine rings is 2. The van der Waals surface area contributed by atoms with Crippen molar-refractivity contribution in [1.82, 2.24) is 14.9 Å². The van der Waals surface area contributed by atoms with Gasteiger partial charge in [-0.15, -0.1) is 0 Å². The van der Waals surface area contributed by atoms with Gasteiger partial charge in [-0.2, -0.15) is 0 Å². The predicted molar refractivity (Wildman–Crippen MR) is 162 cm³/mol. The fourth-order valence-electron chi connectivity index (χ4n) is 5.70. The van der Waals surface area contributed by atoms with Gasteiger partial charge < -0.3 is 14.4 Å². The number of amides is 2. The molecule has 1 aromatic carbocycles. The molecule has 5 rings (SSSR count). The molecule has 1 N–H and O–H groups in total. The Morgan fingerprint density at radius 3 is 2.49 bits per heavy atom. The average Bonchev–Trinajstić information content (AvgIpc) is 3.13. The number of hydrogen-bond acceptors (Lipinski definition) is 8. The molecule has 3 heterocycles. The summed E-state index contributed by atoms with van der Waals surface area (Å²) in [6, 6.07) is 4.20. The Balaban J connectivity index is 1.48. The molecule has 0 saturated heterocycles. The first-order chi connectivity index (χ1) is 21.0. The lowest BCUT2D eigenvalue weighted by molar-refractivity contribution is -0.125. The largest absolute Gasteiger partial charge is 0.474 e. The van der Waals surface area contributed by atoms with Crippen molar-refractivity contribution >= 4 is 44.3 Å². The van der Waals surface area contributed by atoms with E-state index in [-0.39, 0.29) is 41.8 Å². The maximum atomic E-state index is 15.5. The average molecular weight is 650 g/mol. The van der Waals surface area contributed by atoms with Crippen LogP contribution in [0.4, 0.5) is 29.3 Å². The van der Waals surface area contributed by atoms with E-state index in [1.807, 2.05) is 0 Å². The number of halogens is 3. The fourth-order valence-corrected chi connectivity index (χ4v) is 6.25. The summed E-state index contributed by atoms with van der Waals surface area (Å²) in [7, 11) is -2.17. The van der Waals surface area contributed by atoms with Crippen LogP contribution in [0.1, 0.15) is 45.6 Å². The molecule has 11 nitrogen and oxygen atoms in total. The first kappa shape index (κ1) is 32.3. The van der Waals surface area contributed by atoms with Crippen LogP contribution in [-0.4, -0.2) is 80.3 Å². The molecule has 15 heteroatoms. The quantitative estimate of drug-likeness (QED) is 0.340. The monoisotopic (exact) mass is 649 g/mol. The number of nitrogens with zero attached hydrogens (tertiary/aromatic N) is 4. The van der Waals surface area contributed by atoms with Crippen LogP contribution >= 0.6 is 0 Å². The van der Waals surface area contributed by atoms with Gasteiger partial charge in [0.25, 0.3) is 6.43 Å². The van der Waals surface area contributed by atoms with Crippen LogP contribution in [0.15, 0.2) is 30.6 Å². The van der Waals surface area contributed by atoms with Crippen LogP contribution in [-0.2, 0) is 25.0 Å². The van der Waals surface area contributed by atoms with Gasteiger partial charge in [0.2, 0.25) is 21.8 Å². The molecule has 0 unspecified atom stereocenters. The maximum Gasteiger partial charge on any atom is 0.410 e. The lowest BCUT2D eigenvalue weighted by Crippen LogP contribution is -2.43. The van der Waals surface area contributed by atoms with Crippen LogP contribution in [0.2, 0.25) is 0 Å². The van der Waals surface area contributed by atoms with Crippen LogP contribution in [0.25, 0.3) is 22.0 Å². The number of sulfonamides is 1. The SMILES string of the molecule is CN1C(=O)C2(CCC2)c2c1cnc1cc(F)c(-c3cnc(OCCN(CC(F)F)C(=O)OC(C)(C)C)c(NS(C)(=O)=O)c3)cc21. The van der Waals surface area contributed by atoms with Gasteiger partial charge in [-0.25, -0.2) is 31.4 Å². The Morgan fingerprint density at radius 2 is 1.89 bits per heavy atom. The highest BCUT2D eigenvalue weighted by Crippen LogP contribution is 2.55. The number of alkyl halides is 2. The number of benzene rings is 1. The molecular formula is C30H34F3N5O6S. The van der Waals surface area contributed by atoms with Crippen molar-refractivity contribution < 1.29 is 40.7 Å². The summed E-state index contributed by atoms with van der Waals surface area (Å²) in [5.41, 5.74) is 0.416. The second-order valence-corrected chi connectivity index (χ2v) is 14.0. The van der Waals surface area contributed by atoms with Gasteiger partial charge in [-0.1, -0.05) is 6.42 Å². The molecule has 2 aromatic heterocycles. The Morgan fingerprint density at radius 1 is 1.18 bits per heavy atom. The molecule has 0 bridgehead atoms. The summed E-state index contributed by atoms with van der Waals surface area (Å²) in [5.74, 6) is -0.878. The first-order valence-corrected chi connectivity index (χ1v) is 16.2. The highest BCUT2D eigenvalue weighted by atomic mass is 32.2. The molecular weight excluding hydrogens is 615 g/mol. The normalized spacial score (nSPS) is 15.8. The van der Waals surface area contributed by atoms with E-state index in [0.29, 0.717) is 29.4 Å².